The zero-order valence-electron chi connectivity index (χ0n) is 13.0. The van der Waals surface area contributed by atoms with Gasteiger partial charge in [0, 0.05) is 13.1 Å². The molecule has 1 rings (SSSR count). The second-order valence-corrected chi connectivity index (χ2v) is 7.93. The molecule has 1 aliphatic rings. The van der Waals surface area contributed by atoms with Crippen molar-refractivity contribution in [3.8, 4) is 0 Å². The predicted molar refractivity (Wildman–Crippen MR) is 85.4 cm³/mol. The van der Waals surface area contributed by atoms with E-state index >= 15 is 0 Å². The molecule has 0 aromatic carbocycles. The monoisotopic (exact) mass is 304 g/mol. The fraction of sp³-hybridized carbons (Fsp3) is 1.00. The Balaban J connectivity index is 1.99. The van der Waals surface area contributed by atoms with E-state index in [0.717, 1.165) is 32.2 Å². The number of hydrogen-bond acceptors (Lipinski definition) is 3. The zero-order chi connectivity index (χ0) is 14.7. The second-order valence-electron chi connectivity index (χ2n) is 5.88. The highest BCUT2D eigenvalue weighted by Gasteiger charge is 2.26. The molecule has 20 heavy (non-hydrogen) atoms. The van der Waals surface area contributed by atoms with Crippen molar-refractivity contribution in [3.05, 3.63) is 0 Å². The van der Waals surface area contributed by atoms with E-state index in [1.165, 1.54) is 38.5 Å². The maximum atomic E-state index is 12.0. The molecule has 4 nitrogen and oxygen atoms in total. The summed E-state index contributed by atoms with van der Waals surface area (Å²) < 4.78 is 26.9. The van der Waals surface area contributed by atoms with Crippen LogP contribution in [0.25, 0.3) is 0 Å². The molecule has 2 N–H and O–H groups in total. The average Bonchev–Trinajstić information content (AvgIpc) is 2.46. The standard InChI is InChI=1S/C15H32N2O2S/c1-2-3-4-5-6-7-8-9-13-17-20(18,19)15-11-10-12-16-14-15/h15-17H,2-14H2,1H3. The van der Waals surface area contributed by atoms with Crippen LogP contribution in [0.4, 0.5) is 0 Å². The molecule has 0 radical (unpaired) electrons. The van der Waals surface area contributed by atoms with Crippen LogP contribution in [0.5, 0.6) is 0 Å². The molecule has 120 valence electrons. The highest BCUT2D eigenvalue weighted by atomic mass is 32.2. The molecule has 0 aliphatic carbocycles. The van der Waals surface area contributed by atoms with E-state index in [1.807, 2.05) is 0 Å². The number of sulfonamides is 1. The highest BCUT2D eigenvalue weighted by molar-refractivity contribution is 7.90. The summed E-state index contributed by atoms with van der Waals surface area (Å²) in [5.41, 5.74) is 0. The number of hydrogen-bond donors (Lipinski definition) is 2. The van der Waals surface area contributed by atoms with Crippen LogP contribution in [0.1, 0.15) is 71.1 Å². The van der Waals surface area contributed by atoms with Gasteiger partial charge in [0.25, 0.3) is 0 Å². The summed E-state index contributed by atoms with van der Waals surface area (Å²) in [6.45, 7) is 4.39. The van der Waals surface area contributed by atoms with E-state index in [1.54, 1.807) is 0 Å². The van der Waals surface area contributed by atoms with E-state index in [0.29, 0.717) is 13.1 Å². The molecule has 1 heterocycles. The molecule has 0 aromatic rings. The van der Waals surface area contributed by atoms with Gasteiger partial charge in [0.15, 0.2) is 0 Å². The van der Waals surface area contributed by atoms with Gasteiger partial charge < -0.3 is 5.32 Å². The maximum Gasteiger partial charge on any atom is 0.215 e. The summed E-state index contributed by atoms with van der Waals surface area (Å²) in [5.74, 6) is 0. The van der Waals surface area contributed by atoms with Crippen molar-refractivity contribution in [1.29, 1.82) is 0 Å². The fourth-order valence-corrected chi connectivity index (χ4v) is 4.15. The SMILES string of the molecule is CCCCCCCCCCNS(=O)(=O)C1CCCNC1. The van der Waals surface area contributed by atoms with E-state index in [4.69, 9.17) is 0 Å². The lowest BCUT2D eigenvalue weighted by atomic mass is 10.1. The minimum Gasteiger partial charge on any atom is -0.315 e. The van der Waals surface area contributed by atoms with Gasteiger partial charge in [-0.15, -0.1) is 0 Å². The summed E-state index contributed by atoms with van der Waals surface area (Å²) in [6.07, 6.45) is 11.7. The molecule has 1 aliphatic heterocycles. The van der Waals surface area contributed by atoms with E-state index in [2.05, 4.69) is 17.0 Å². The van der Waals surface area contributed by atoms with Gasteiger partial charge in [0.1, 0.15) is 0 Å². The quantitative estimate of drug-likeness (QED) is 0.577. The third kappa shape index (κ3) is 7.60. The first-order valence-electron chi connectivity index (χ1n) is 8.36. The van der Waals surface area contributed by atoms with Gasteiger partial charge in [-0.05, 0) is 25.8 Å². The molecular weight excluding hydrogens is 272 g/mol. The lowest BCUT2D eigenvalue weighted by Gasteiger charge is -2.23. The Kier molecular flexibility index (Phi) is 9.48. The van der Waals surface area contributed by atoms with Crippen molar-refractivity contribution in [1.82, 2.24) is 10.0 Å². The number of nitrogens with one attached hydrogen (secondary N) is 2. The Bertz CT molecular complexity index is 325. The van der Waals surface area contributed by atoms with Crippen LogP contribution in [0.3, 0.4) is 0 Å². The van der Waals surface area contributed by atoms with Gasteiger partial charge in [-0.3, -0.25) is 0 Å². The summed E-state index contributed by atoms with van der Waals surface area (Å²) in [7, 11) is -3.10. The van der Waals surface area contributed by atoms with Crippen LogP contribution in [0.15, 0.2) is 0 Å². The largest absolute Gasteiger partial charge is 0.315 e. The van der Waals surface area contributed by atoms with Crippen LogP contribution in [-0.2, 0) is 10.0 Å². The second kappa shape index (κ2) is 10.6. The summed E-state index contributed by atoms with van der Waals surface area (Å²) in [4.78, 5) is 0. The first-order chi connectivity index (χ1) is 9.67. The third-order valence-corrected chi connectivity index (χ3v) is 5.91. The van der Waals surface area contributed by atoms with Crippen LogP contribution in [0.2, 0.25) is 0 Å². The van der Waals surface area contributed by atoms with Crippen molar-refractivity contribution in [2.45, 2.75) is 76.4 Å². The van der Waals surface area contributed by atoms with Crippen molar-refractivity contribution in [3.63, 3.8) is 0 Å². The molecule has 0 saturated carbocycles. The van der Waals surface area contributed by atoms with Crippen molar-refractivity contribution >= 4 is 10.0 Å². The number of piperidine rings is 1. The highest BCUT2D eigenvalue weighted by Crippen LogP contribution is 2.11. The van der Waals surface area contributed by atoms with Gasteiger partial charge in [0.05, 0.1) is 5.25 Å². The van der Waals surface area contributed by atoms with Gasteiger partial charge in [-0.25, -0.2) is 13.1 Å². The summed E-state index contributed by atoms with van der Waals surface area (Å²) in [6, 6.07) is 0. The Morgan fingerprint density at radius 3 is 2.30 bits per heavy atom. The van der Waals surface area contributed by atoms with Gasteiger partial charge in [-0.2, -0.15) is 0 Å². The first kappa shape index (κ1) is 17.9. The van der Waals surface area contributed by atoms with E-state index < -0.39 is 10.0 Å². The van der Waals surface area contributed by atoms with Crippen molar-refractivity contribution < 1.29 is 8.42 Å². The molecular formula is C15H32N2O2S. The molecule has 0 spiro atoms. The molecule has 1 atom stereocenters. The van der Waals surface area contributed by atoms with Gasteiger partial charge >= 0.3 is 0 Å². The Labute approximate surface area is 125 Å². The first-order valence-corrected chi connectivity index (χ1v) is 9.90. The van der Waals surface area contributed by atoms with Crippen LogP contribution in [-0.4, -0.2) is 33.3 Å². The van der Waals surface area contributed by atoms with E-state index in [9.17, 15) is 8.42 Å². The van der Waals surface area contributed by atoms with E-state index in [-0.39, 0.29) is 5.25 Å². The maximum absolute atomic E-state index is 12.0. The average molecular weight is 305 g/mol. The summed E-state index contributed by atoms with van der Waals surface area (Å²) in [5, 5.41) is 2.93. The molecule has 1 fully saturated rings. The minimum absolute atomic E-state index is 0.231. The smallest absolute Gasteiger partial charge is 0.215 e. The minimum atomic E-state index is -3.10. The number of rotatable bonds is 11. The molecule has 1 unspecified atom stereocenters. The molecule has 0 aromatic heterocycles. The normalized spacial score (nSPS) is 20.1. The molecule has 1 saturated heterocycles. The molecule has 5 heteroatoms. The van der Waals surface area contributed by atoms with Crippen LogP contribution >= 0.6 is 0 Å². The van der Waals surface area contributed by atoms with Crippen molar-refractivity contribution in [2.24, 2.45) is 0 Å². The van der Waals surface area contributed by atoms with Crippen LogP contribution < -0.4 is 10.0 Å². The number of unbranched alkanes of at least 4 members (excludes halogenated alkanes) is 7. The lowest BCUT2D eigenvalue weighted by Crippen LogP contribution is -2.44. The molecule has 0 amide bonds. The van der Waals surface area contributed by atoms with Crippen LogP contribution in [0, 0.1) is 0 Å². The van der Waals surface area contributed by atoms with Gasteiger partial charge in [-0.1, -0.05) is 51.9 Å². The van der Waals surface area contributed by atoms with Crippen molar-refractivity contribution in [2.75, 3.05) is 19.6 Å². The Hall–Kier alpha value is -0.130. The fourth-order valence-electron chi connectivity index (χ4n) is 2.68. The molecule has 0 bridgehead atoms. The lowest BCUT2D eigenvalue weighted by molar-refractivity contribution is 0.488. The Morgan fingerprint density at radius 1 is 1.05 bits per heavy atom. The Morgan fingerprint density at radius 2 is 1.70 bits per heavy atom. The summed E-state index contributed by atoms with van der Waals surface area (Å²) >= 11 is 0. The third-order valence-electron chi connectivity index (χ3n) is 4.02. The van der Waals surface area contributed by atoms with Gasteiger partial charge in [0.2, 0.25) is 10.0 Å². The zero-order valence-corrected chi connectivity index (χ0v) is 13.8. The topological polar surface area (TPSA) is 58.2 Å². The predicted octanol–water partition coefficient (Wildman–Crippen LogP) is 2.80.